The summed E-state index contributed by atoms with van der Waals surface area (Å²) < 4.78 is 5.64. The highest BCUT2D eigenvalue weighted by atomic mass is 16.5. The third-order valence-corrected chi connectivity index (χ3v) is 1.89. The molecular weight excluding hydrogens is 148 g/mol. The predicted octanol–water partition coefficient (Wildman–Crippen LogP) is 3.45. The van der Waals surface area contributed by atoms with Gasteiger partial charge >= 0.3 is 0 Å². The monoisotopic (exact) mass is 166 g/mol. The highest BCUT2D eigenvalue weighted by Gasteiger charge is 2.20. The van der Waals surface area contributed by atoms with Crippen molar-refractivity contribution >= 4 is 0 Å². The third kappa shape index (κ3) is 2.95. The predicted molar refractivity (Wildman–Crippen MR) is 53.9 cm³/mol. The molecule has 0 saturated carbocycles. The first kappa shape index (κ1) is 11.0. The first-order chi connectivity index (χ1) is 5.44. The zero-order valence-electron chi connectivity index (χ0n) is 8.48. The van der Waals surface area contributed by atoms with Gasteiger partial charge in [-0.1, -0.05) is 13.2 Å². The summed E-state index contributed by atoms with van der Waals surface area (Å²) >= 11 is 0. The van der Waals surface area contributed by atoms with E-state index in [2.05, 4.69) is 13.2 Å². The molecule has 0 unspecified atom stereocenters. The van der Waals surface area contributed by atoms with Crippen LogP contribution in [0.2, 0.25) is 0 Å². The molecule has 0 heterocycles. The van der Waals surface area contributed by atoms with Crippen LogP contribution in [0.5, 0.6) is 0 Å². The Bertz CT molecular complexity index is 209. The van der Waals surface area contributed by atoms with Crippen molar-refractivity contribution in [2.24, 2.45) is 0 Å². The second-order valence-electron chi connectivity index (χ2n) is 3.29. The van der Waals surface area contributed by atoms with Crippen molar-refractivity contribution in [1.29, 1.82) is 0 Å². The van der Waals surface area contributed by atoms with Gasteiger partial charge in [-0.2, -0.15) is 0 Å². The molecule has 0 amide bonds. The summed E-state index contributed by atoms with van der Waals surface area (Å²) in [5.41, 5.74) is 0.694. The fourth-order valence-electron chi connectivity index (χ4n) is 0.600. The quantitative estimate of drug-likeness (QED) is 0.353. The lowest BCUT2D eigenvalue weighted by atomic mass is 10.0. The molecule has 0 radical (unpaired) electrons. The number of hydrogen-bond donors (Lipinski definition) is 0. The molecule has 0 N–H and O–H groups in total. The molecule has 0 aliphatic rings. The van der Waals surface area contributed by atoms with Crippen LogP contribution in [0, 0.1) is 0 Å². The summed E-state index contributed by atoms with van der Waals surface area (Å²) in [5, 5.41) is 0. The molecule has 0 saturated heterocycles. The van der Waals surface area contributed by atoms with Crippen LogP contribution in [-0.4, -0.2) is 5.60 Å². The van der Waals surface area contributed by atoms with E-state index in [1.54, 1.807) is 6.08 Å². The maximum absolute atomic E-state index is 5.64. The van der Waals surface area contributed by atoms with Crippen molar-refractivity contribution in [3.05, 3.63) is 36.6 Å². The van der Waals surface area contributed by atoms with Gasteiger partial charge in [-0.25, -0.2) is 0 Å². The van der Waals surface area contributed by atoms with E-state index in [-0.39, 0.29) is 5.60 Å². The average Bonchev–Trinajstić information content (AvgIpc) is 2.00. The van der Waals surface area contributed by atoms with Gasteiger partial charge in [-0.05, 0) is 45.4 Å². The molecule has 1 nitrogen and oxygen atoms in total. The minimum Gasteiger partial charge on any atom is -0.484 e. The zero-order chi connectivity index (χ0) is 9.78. The van der Waals surface area contributed by atoms with Gasteiger partial charge in [0.2, 0.25) is 0 Å². The van der Waals surface area contributed by atoms with Crippen LogP contribution in [0.25, 0.3) is 0 Å². The summed E-state index contributed by atoms with van der Waals surface area (Å²) in [7, 11) is 0. The number of rotatable bonds is 4. The molecule has 68 valence electrons. The van der Waals surface area contributed by atoms with Crippen LogP contribution >= 0.6 is 0 Å². The van der Waals surface area contributed by atoms with E-state index >= 15 is 0 Å². The maximum atomic E-state index is 5.64. The Labute approximate surface area is 75.4 Å². The van der Waals surface area contributed by atoms with Crippen LogP contribution < -0.4 is 0 Å². The molecular formula is C11H18O. The summed E-state index contributed by atoms with van der Waals surface area (Å²) in [5.74, 6) is 0.794. The minimum atomic E-state index is -0.309. The first-order valence-electron chi connectivity index (χ1n) is 4.07. The summed E-state index contributed by atoms with van der Waals surface area (Å²) in [6.07, 6.45) is 3.59. The lowest BCUT2D eigenvalue weighted by Crippen LogP contribution is -2.24. The Balaban J connectivity index is 4.43. The van der Waals surface area contributed by atoms with E-state index in [1.807, 2.05) is 33.8 Å². The van der Waals surface area contributed by atoms with Crippen molar-refractivity contribution in [3.8, 4) is 0 Å². The van der Waals surface area contributed by atoms with Crippen LogP contribution in [-0.2, 0) is 4.74 Å². The van der Waals surface area contributed by atoms with Crippen molar-refractivity contribution in [3.63, 3.8) is 0 Å². The Morgan fingerprint density at radius 1 is 1.42 bits per heavy atom. The van der Waals surface area contributed by atoms with E-state index in [1.165, 1.54) is 0 Å². The van der Waals surface area contributed by atoms with Gasteiger partial charge in [0, 0.05) is 0 Å². The van der Waals surface area contributed by atoms with Gasteiger partial charge in [-0.15, -0.1) is 0 Å². The van der Waals surface area contributed by atoms with E-state index < -0.39 is 0 Å². The second kappa shape index (κ2) is 4.15. The van der Waals surface area contributed by atoms with E-state index in [0.717, 1.165) is 11.3 Å². The molecule has 12 heavy (non-hydrogen) atoms. The molecule has 0 aromatic rings. The number of ether oxygens (including phenoxy) is 1. The zero-order valence-corrected chi connectivity index (χ0v) is 8.48. The molecule has 0 spiro atoms. The summed E-state index contributed by atoms with van der Waals surface area (Å²) in [6.45, 7) is 15.4. The Morgan fingerprint density at radius 3 is 2.17 bits per heavy atom. The fraction of sp³-hybridized carbons (Fsp3) is 0.455. The number of allylic oxidation sites excluding steroid dienone is 2. The SMILES string of the molecule is C=CC(=CC)OC(C)(C)C(=C)C. The first-order valence-corrected chi connectivity index (χ1v) is 4.07. The van der Waals surface area contributed by atoms with E-state index in [0.29, 0.717) is 0 Å². The van der Waals surface area contributed by atoms with Crippen LogP contribution in [0.15, 0.2) is 36.6 Å². The lowest BCUT2D eigenvalue weighted by molar-refractivity contribution is 0.0761. The van der Waals surface area contributed by atoms with Gasteiger partial charge < -0.3 is 4.74 Å². The topological polar surface area (TPSA) is 9.23 Å². The molecule has 0 aromatic carbocycles. The van der Waals surface area contributed by atoms with Gasteiger partial charge in [0.1, 0.15) is 11.4 Å². The van der Waals surface area contributed by atoms with E-state index in [4.69, 9.17) is 4.74 Å². The highest BCUT2D eigenvalue weighted by Crippen LogP contribution is 2.22. The lowest BCUT2D eigenvalue weighted by Gasteiger charge is -2.27. The molecule has 0 aromatic heterocycles. The highest BCUT2D eigenvalue weighted by molar-refractivity contribution is 5.14. The molecule has 0 aliphatic heterocycles. The standard InChI is InChI=1S/C11H18O/c1-7-10(8-2)12-11(5,6)9(3)4/h7-8H,1,3H2,2,4-6H3. The normalized spacial score (nSPS) is 12.5. The molecule has 1 heteroatoms. The van der Waals surface area contributed by atoms with Gasteiger partial charge in [0.25, 0.3) is 0 Å². The Hall–Kier alpha value is -0.980. The molecule has 0 aliphatic carbocycles. The molecule has 0 rings (SSSR count). The number of hydrogen-bond acceptors (Lipinski definition) is 1. The van der Waals surface area contributed by atoms with Gasteiger partial charge in [0.05, 0.1) is 0 Å². The molecule has 0 fully saturated rings. The molecule has 0 atom stereocenters. The summed E-state index contributed by atoms with van der Waals surface area (Å²) in [4.78, 5) is 0. The van der Waals surface area contributed by atoms with Gasteiger partial charge in [-0.3, -0.25) is 0 Å². The maximum Gasteiger partial charge on any atom is 0.124 e. The smallest absolute Gasteiger partial charge is 0.124 e. The van der Waals surface area contributed by atoms with Crippen molar-refractivity contribution in [2.75, 3.05) is 0 Å². The Kier molecular flexibility index (Phi) is 3.81. The summed E-state index contributed by atoms with van der Waals surface area (Å²) in [6, 6.07) is 0. The Morgan fingerprint density at radius 2 is 1.92 bits per heavy atom. The third-order valence-electron chi connectivity index (χ3n) is 1.89. The largest absolute Gasteiger partial charge is 0.484 e. The van der Waals surface area contributed by atoms with Crippen molar-refractivity contribution < 1.29 is 4.74 Å². The van der Waals surface area contributed by atoms with E-state index in [9.17, 15) is 0 Å². The van der Waals surface area contributed by atoms with Gasteiger partial charge in [0.15, 0.2) is 0 Å². The van der Waals surface area contributed by atoms with Crippen LogP contribution in [0.3, 0.4) is 0 Å². The second-order valence-corrected chi connectivity index (χ2v) is 3.29. The van der Waals surface area contributed by atoms with Crippen LogP contribution in [0.1, 0.15) is 27.7 Å². The van der Waals surface area contributed by atoms with Crippen molar-refractivity contribution in [1.82, 2.24) is 0 Å². The molecule has 0 bridgehead atoms. The average molecular weight is 166 g/mol. The van der Waals surface area contributed by atoms with Crippen molar-refractivity contribution in [2.45, 2.75) is 33.3 Å². The minimum absolute atomic E-state index is 0.309. The fourth-order valence-corrected chi connectivity index (χ4v) is 0.600. The van der Waals surface area contributed by atoms with Crippen LogP contribution in [0.4, 0.5) is 0 Å².